The molecule has 8 heteroatoms. The van der Waals surface area contributed by atoms with Gasteiger partial charge in [-0.05, 0) is 18.1 Å². The predicted molar refractivity (Wildman–Crippen MR) is 119 cm³/mol. The molecule has 0 bridgehead atoms. The molecule has 0 saturated heterocycles. The van der Waals surface area contributed by atoms with Crippen LogP contribution in [0.3, 0.4) is 0 Å². The minimum Gasteiger partial charge on any atom is -0.350 e. The maximum absolute atomic E-state index is 13.0. The number of likely N-dealkylation sites (N-methyl/N-ethyl adjacent to an activating group) is 1. The molecule has 3 aromatic rings. The Morgan fingerprint density at radius 3 is 2.12 bits per heavy atom. The highest BCUT2D eigenvalue weighted by molar-refractivity contribution is 6.01. The van der Waals surface area contributed by atoms with E-state index in [9.17, 15) is 14.4 Å². The average Bonchev–Trinajstić information content (AvgIpc) is 3.24. The first kappa shape index (κ1) is 21.3. The van der Waals surface area contributed by atoms with Crippen molar-refractivity contribution in [1.29, 1.82) is 0 Å². The zero-order chi connectivity index (χ0) is 22.7. The molecular formula is C24H25N5O3. The topological polar surface area (TPSA) is 96.3 Å². The average molecular weight is 431 g/mol. The number of nitrogens with zero attached hydrogens (tertiary/aromatic N) is 3. The van der Waals surface area contributed by atoms with Crippen LogP contribution in [0.1, 0.15) is 39.0 Å². The zero-order valence-corrected chi connectivity index (χ0v) is 18.0. The van der Waals surface area contributed by atoms with Gasteiger partial charge in [0, 0.05) is 26.2 Å². The molecule has 1 aliphatic heterocycles. The molecule has 2 aromatic carbocycles. The Morgan fingerprint density at radius 2 is 1.53 bits per heavy atom. The Bertz CT molecular complexity index is 1140. The molecular weight excluding hydrogens is 406 g/mol. The number of aromatic nitrogens is 2. The molecule has 0 spiro atoms. The van der Waals surface area contributed by atoms with Gasteiger partial charge in [-0.25, -0.2) is 0 Å². The normalized spacial score (nSPS) is 17.6. The van der Waals surface area contributed by atoms with Crippen LogP contribution in [0.5, 0.6) is 0 Å². The van der Waals surface area contributed by atoms with Crippen molar-refractivity contribution in [2.24, 2.45) is 0 Å². The van der Waals surface area contributed by atoms with Crippen molar-refractivity contribution in [2.75, 3.05) is 7.05 Å². The van der Waals surface area contributed by atoms with Gasteiger partial charge in [0.15, 0.2) is 5.69 Å². The molecule has 0 fully saturated rings. The van der Waals surface area contributed by atoms with E-state index in [2.05, 4.69) is 15.7 Å². The van der Waals surface area contributed by atoms with Crippen LogP contribution in [0.2, 0.25) is 0 Å². The minimum absolute atomic E-state index is 0.145. The highest BCUT2D eigenvalue weighted by Crippen LogP contribution is 2.26. The summed E-state index contributed by atoms with van der Waals surface area (Å²) in [6.45, 7) is 2.56. The number of fused-ring (bicyclic) bond motifs is 1. The molecule has 0 aliphatic carbocycles. The lowest BCUT2D eigenvalue weighted by molar-refractivity contribution is -0.132. The highest BCUT2D eigenvalue weighted by atomic mass is 16.2. The van der Waals surface area contributed by atoms with E-state index in [1.54, 1.807) is 14.0 Å². The van der Waals surface area contributed by atoms with Gasteiger partial charge in [-0.15, -0.1) is 0 Å². The number of carbonyl (C=O) groups is 3. The number of nitrogens with one attached hydrogen (secondary N) is 2. The lowest BCUT2D eigenvalue weighted by Gasteiger charge is -2.40. The molecule has 0 saturated carbocycles. The van der Waals surface area contributed by atoms with Crippen molar-refractivity contribution in [3.63, 3.8) is 0 Å². The molecule has 1 aromatic heterocycles. The summed E-state index contributed by atoms with van der Waals surface area (Å²) in [6.07, 6.45) is 0. The third-order valence-corrected chi connectivity index (χ3v) is 5.82. The summed E-state index contributed by atoms with van der Waals surface area (Å²) in [4.78, 5) is 40.0. The highest BCUT2D eigenvalue weighted by Gasteiger charge is 2.46. The molecule has 1 aliphatic rings. The van der Waals surface area contributed by atoms with Gasteiger partial charge >= 0.3 is 0 Å². The standard InChI is InChI=1S/C24H25N5O3/c1-24(23(32)26-15-18-11-7-4-8-12-18)16-29-20(22(31)28(24)2)13-19(27-29)21(30)25-14-17-9-5-3-6-10-17/h3-13H,14-16H2,1-2H3,(H,25,30)(H,26,32)/t24-/m1/s1. The zero-order valence-electron chi connectivity index (χ0n) is 18.0. The molecule has 4 rings (SSSR count). The Labute approximate surface area is 186 Å². The SMILES string of the molecule is CN1C(=O)c2cc(C(=O)NCc3ccccc3)nn2C[C@]1(C)C(=O)NCc1ccccc1. The van der Waals surface area contributed by atoms with E-state index < -0.39 is 5.54 Å². The number of carbonyl (C=O) groups excluding carboxylic acids is 3. The number of hydrogen-bond donors (Lipinski definition) is 2. The Morgan fingerprint density at radius 1 is 0.969 bits per heavy atom. The van der Waals surface area contributed by atoms with Crippen molar-refractivity contribution < 1.29 is 14.4 Å². The third-order valence-electron chi connectivity index (χ3n) is 5.82. The lowest BCUT2D eigenvalue weighted by Crippen LogP contribution is -2.62. The smallest absolute Gasteiger partial charge is 0.272 e. The van der Waals surface area contributed by atoms with Gasteiger partial charge in [-0.3, -0.25) is 19.1 Å². The summed E-state index contributed by atoms with van der Waals surface area (Å²) in [6, 6.07) is 20.6. The van der Waals surface area contributed by atoms with Crippen molar-refractivity contribution in [3.05, 3.63) is 89.2 Å². The van der Waals surface area contributed by atoms with Crippen molar-refractivity contribution in [1.82, 2.24) is 25.3 Å². The summed E-state index contributed by atoms with van der Waals surface area (Å²) >= 11 is 0. The maximum Gasteiger partial charge on any atom is 0.272 e. The number of rotatable bonds is 6. The summed E-state index contributed by atoms with van der Waals surface area (Å²) in [5.74, 6) is -1.02. The Kier molecular flexibility index (Phi) is 5.77. The molecule has 32 heavy (non-hydrogen) atoms. The van der Waals surface area contributed by atoms with Crippen LogP contribution in [0, 0.1) is 0 Å². The summed E-state index contributed by atoms with van der Waals surface area (Å²) in [5, 5.41) is 10.0. The van der Waals surface area contributed by atoms with Crippen molar-refractivity contribution >= 4 is 17.7 Å². The van der Waals surface area contributed by atoms with E-state index in [1.165, 1.54) is 15.6 Å². The van der Waals surface area contributed by atoms with E-state index in [-0.39, 0.29) is 35.7 Å². The quantitative estimate of drug-likeness (QED) is 0.624. The molecule has 3 amide bonds. The van der Waals surface area contributed by atoms with Gasteiger partial charge in [0.05, 0.1) is 6.54 Å². The number of amides is 3. The summed E-state index contributed by atoms with van der Waals surface area (Å²) in [5.41, 5.74) is 1.22. The molecule has 2 N–H and O–H groups in total. The second-order valence-corrected chi connectivity index (χ2v) is 8.05. The van der Waals surface area contributed by atoms with Gasteiger partial charge < -0.3 is 15.5 Å². The molecule has 2 heterocycles. The third kappa shape index (κ3) is 4.12. The van der Waals surface area contributed by atoms with Crippen LogP contribution in [-0.2, 0) is 24.4 Å². The van der Waals surface area contributed by atoms with Gasteiger partial charge in [0.2, 0.25) is 5.91 Å². The fraction of sp³-hybridized carbons (Fsp3) is 0.250. The van der Waals surface area contributed by atoms with Crippen LogP contribution in [0.4, 0.5) is 0 Å². The lowest BCUT2D eigenvalue weighted by atomic mass is 9.96. The molecule has 1 atom stereocenters. The largest absolute Gasteiger partial charge is 0.350 e. The van der Waals surface area contributed by atoms with Crippen LogP contribution in [-0.4, -0.2) is 45.0 Å². The van der Waals surface area contributed by atoms with Crippen LogP contribution < -0.4 is 10.6 Å². The van der Waals surface area contributed by atoms with E-state index >= 15 is 0 Å². The van der Waals surface area contributed by atoms with Crippen molar-refractivity contribution in [3.8, 4) is 0 Å². The predicted octanol–water partition coefficient (Wildman–Crippen LogP) is 1.97. The minimum atomic E-state index is -1.14. The maximum atomic E-state index is 13.0. The molecule has 0 unspecified atom stereocenters. The van der Waals surface area contributed by atoms with Crippen molar-refractivity contribution in [2.45, 2.75) is 32.1 Å². The fourth-order valence-electron chi connectivity index (χ4n) is 3.68. The first-order valence-electron chi connectivity index (χ1n) is 10.4. The monoisotopic (exact) mass is 431 g/mol. The fourth-order valence-corrected chi connectivity index (χ4v) is 3.68. The second kappa shape index (κ2) is 8.66. The van der Waals surface area contributed by atoms with Gasteiger partial charge in [0.1, 0.15) is 11.2 Å². The summed E-state index contributed by atoms with van der Waals surface area (Å²) < 4.78 is 1.45. The Hall–Kier alpha value is -3.94. The first-order chi connectivity index (χ1) is 15.4. The van der Waals surface area contributed by atoms with Gasteiger partial charge in [-0.1, -0.05) is 60.7 Å². The van der Waals surface area contributed by atoms with Crippen LogP contribution >= 0.6 is 0 Å². The number of benzene rings is 2. The number of hydrogen-bond acceptors (Lipinski definition) is 4. The van der Waals surface area contributed by atoms with Gasteiger partial charge in [-0.2, -0.15) is 5.10 Å². The first-order valence-corrected chi connectivity index (χ1v) is 10.4. The van der Waals surface area contributed by atoms with E-state index in [0.717, 1.165) is 11.1 Å². The van der Waals surface area contributed by atoms with E-state index in [4.69, 9.17) is 0 Å². The van der Waals surface area contributed by atoms with E-state index in [0.29, 0.717) is 13.1 Å². The molecule has 164 valence electrons. The second-order valence-electron chi connectivity index (χ2n) is 8.05. The molecule has 0 radical (unpaired) electrons. The van der Waals surface area contributed by atoms with Gasteiger partial charge in [0.25, 0.3) is 11.8 Å². The van der Waals surface area contributed by atoms with Crippen LogP contribution in [0.25, 0.3) is 0 Å². The Balaban J connectivity index is 1.48. The summed E-state index contributed by atoms with van der Waals surface area (Å²) in [7, 11) is 1.59. The van der Waals surface area contributed by atoms with E-state index in [1.807, 2.05) is 60.7 Å². The van der Waals surface area contributed by atoms with Crippen LogP contribution in [0.15, 0.2) is 66.7 Å². The molecule has 8 nitrogen and oxygen atoms in total.